The van der Waals surface area contributed by atoms with Crippen LogP contribution in [0.4, 0.5) is 11.8 Å². The van der Waals surface area contributed by atoms with Crippen molar-refractivity contribution >= 4 is 72.3 Å². The number of hydrogen-bond donors (Lipinski definition) is 3. The minimum absolute atomic E-state index is 0.00793. The molecule has 11 atom stereocenters. The van der Waals surface area contributed by atoms with Gasteiger partial charge in [-0.15, -0.1) is 0 Å². The first-order valence-corrected chi connectivity index (χ1v) is 25.2. The molecule has 2 bridgehead atoms. The van der Waals surface area contributed by atoms with Crippen molar-refractivity contribution in [1.29, 1.82) is 0 Å². The number of aromatic amines is 1. The number of methoxy groups -OCH3 is 1. The Labute approximate surface area is 382 Å². The number of hydrogen-bond acceptors (Lipinski definition) is 18. The van der Waals surface area contributed by atoms with Crippen molar-refractivity contribution in [3.05, 3.63) is 76.6 Å². The van der Waals surface area contributed by atoms with Gasteiger partial charge in [-0.25, -0.2) is 31.1 Å². The molecule has 2 saturated carbocycles. The average molecular weight is 968 g/mol. The fraction of sp³-hybridized carbons (Fsp3) is 0.525. The highest BCUT2D eigenvalue weighted by Gasteiger charge is 2.73. The second-order valence-electron chi connectivity index (χ2n) is 16.6. The largest absolute Gasteiger partial charge is 0.475 e. The number of H-pyrrole nitrogens is 1. The topological polar surface area (TPSA) is 261 Å². The monoisotopic (exact) mass is 967 g/mol. The van der Waals surface area contributed by atoms with Gasteiger partial charge < -0.3 is 37.8 Å². The number of aromatic nitrogens is 8. The number of nitrogens with zero attached hydrogens (tertiary/aromatic N) is 8. The summed E-state index contributed by atoms with van der Waals surface area (Å²) in [4.78, 5) is 67.3. The highest BCUT2D eigenvalue weighted by molar-refractivity contribution is 8.07. The smallest absolute Gasteiger partial charge is 0.376 e. The molecule has 66 heavy (non-hydrogen) atoms. The molecule has 5 aromatic rings. The maximum atomic E-state index is 15.0. The van der Waals surface area contributed by atoms with Gasteiger partial charge >= 0.3 is 14.5 Å². The predicted molar refractivity (Wildman–Crippen MR) is 237 cm³/mol. The highest BCUT2D eigenvalue weighted by atomic mass is 32.5. The minimum atomic E-state index is -4.52. The van der Waals surface area contributed by atoms with Gasteiger partial charge in [0.2, 0.25) is 18.4 Å². The summed E-state index contributed by atoms with van der Waals surface area (Å²) in [5, 5.41) is 5.45. The van der Waals surface area contributed by atoms with Crippen LogP contribution >= 0.6 is 14.5 Å². The lowest BCUT2D eigenvalue weighted by Gasteiger charge is -2.34. The van der Waals surface area contributed by atoms with Crippen molar-refractivity contribution in [1.82, 2.24) is 39.0 Å². The van der Waals surface area contributed by atoms with E-state index in [-0.39, 0.29) is 85.6 Å². The zero-order valence-electron chi connectivity index (χ0n) is 36.3. The lowest BCUT2D eigenvalue weighted by atomic mass is 9.94. The van der Waals surface area contributed by atoms with Gasteiger partial charge in [-0.2, -0.15) is 4.98 Å². The number of imidazole rings is 2. The minimum Gasteiger partial charge on any atom is -0.376 e. The van der Waals surface area contributed by atoms with E-state index < -0.39 is 62.1 Å². The summed E-state index contributed by atoms with van der Waals surface area (Å²) in [7, 11) is -3.12. The normalized spacial score (nSPS) is 31.9. The van der Waals surface area contributed by atoms with Gasteiger partial charge in [0.25, 0.3) is 11.5 Å². The van der Waals surface area contributed by atoms with Crippen molar-refractivity contribution in [3.8, 4) is 0 Å². The van der Waals surface area contributed by atoms with Crippen molar-refractivity contribution in [2.45, 2.75) is 70.8 Å². The Morgan fingerprint density at radius 3 is 2.58 bits per heavy atom. The summed E-state index contributed by atoms with van der Waals surface area (Å²) in [6.07, 6.45) is -0.489. The van der Waals surface area contributed by atoms with E-state index in [4.69, 9.17) is 55.0 Å². The molecule has 3 N–H and O–H groups in total. The Kier molecular flexibility index (Phi) is 12.8. The number of fused-ring (bicyclic) bond motifs is 4. The first kappa shape index (κ1) is 46.2. The molecule has 2 aliphatic heterocycles. The third-order valence-corrected chi connectivity index (χ3v) is 16.1. The van der Waals surface area contributed by atoms with Crippen molar-refractivity contribution in [3.63, 3.8) is 0 Å². The van der Waals surface area contributed by atoms with E-state index in [1.165, 1.54) is 24.3 Å². The Balaban J connectivity index is 1.07. The van der Waals surface area contributed by atoms with E-state index in [9.17, 15) is 18.9 Å². The number of carbonyl (C=O) groups excluding carboxylic acids is 2. The van der Waals surface area contributed by atoms with Crippen LogP contribution in [0.5, 0.6) is 0 Å². The quantitative estimate of drug-likeness (QED) is 0.0840. The van der Waals surface area contributed by atoms with Gasteiger partial charge in [0.15, 0.2) is 34.4 Å². The van der Waals surface area contributed by atoms with E-state index in [0.29, 0.717) is 23.1 Å². The number of anilines is 2. The first-order valence-electron chi connectivity index (χ1n) is 21.2. The van der Waals surface area contributed by atoms with Crippen LogP contribution in [0.3, 0.4) is 0 Å². The van der Waals surface area contributed by atoms with Gasteiger partial charge in [0.05, 0.1) is 38.6 Å². The lowest BCUT2D eigenvalue weighted by Crippen LogP contribution is -2.37. The zero-order valence-corrected chi connectivity index (χ0v) is 38.9. The number of phosphoric ester groups is 1. The second-order valence-corrected chi connectivity index (χ2v) is 21.2. The van der Waals surface area contributed by atoms with E-state index in [0.717, 1.165) is 0 Å². The summed E-state index contributed by atoms with van der Waals surface area (Å²) in [5.74, 6) is -1.61. The molecule has 350 valence electrons. The molecule has 2 aliphatic carbocycles. The van der Waals surface area contributed by atoms with Gasteiger partial charge in [-0.3, -0.25) is 42.8 Å². The highest BCUT2D eigenvalue weighted by Crippen LogP contribution is 2.74. The predicted octanol–water partition coefficient (Wildman–Crippen LogP) is 5.04. The first-order chi connectivity index (χ1) is 31.7. The van der Waals surface area contributed by atoms with Crippen molar-refractivity contribution in [2.75, 3.05) is 50.7 Å². The molecule has 9 rings (SSSR count). The molecule has 1 spiro atoms. The number of amides is 2. The van der Waals surface area contributed by atoms with Crippen LogP contribution in [0.1, 0.15) is 56.7 Å². The standard InChI is InChI=1S/C40H47N11O12P2S/c1-7-57-64(55)60-17-40-15-24(40)28(50-19-44-26-32(42-18-43-33(26)50)46-36(53)23-11-9-8-10-12-23)22(4)31(40)63-65(66,58-14-13-41-5)59-16-25-29(56-6)30(62-64)38(61-25)51-20-45-27-34(51)47-39(49-37(27)54)48-35(52)21(2)3/h8-12,18-22,24-25,28-31,38H,7,13-17H2,1-4,6H3,(H,42,43,46,53)(H2,47,48,49,52,54)/t22-,24+,25+,28-,29+,30+,31-,38+,40+,64?,65?/m0/s1. The second kappa shape index (κ2) is 18.3. The molecular weight excluding hydrogens is 921 g/mol. The fourth-order valence-electron chi connectivity index (χ4n) is 9.14. The van der Waals surface area contributed by atoms with E-state index in [1.807, 2.05) is 17.6 Å². The number of rotatable bonds is 12. The Bertz CT molecular complexity index is 2860. The molecule has 2 unspecified atom stereocenters. The SMILES string of the molecule is [C-]#[N+]CCOP1(=S)OC[C@H]2O[C@@H](n3cnc4c(=O)[nH]c(NC(=O)C(C)C)nc43)[C@H](OP(=O)(OCC)OC[C@]34C[C@@H]3[C@@H](n3cnc5c(NC(=O)c6ccccc6)ncnc53)[C@H](C)[C@@H]4O1)[C@@H]2OC. The van der Waals surface area contributed by atoms with Crippen LogP contribution < -0.4 is 16.2 Å². The number of benzene rings is 1. The molecule has 6 heterocycles. The molecular formula is C40H47N11O12P2S. The molecule has 2 amide bonds. The van der Waals surface area contributed by atoms with Gasteiger partial charge in [0, 0.05) is 36.0 Å². The summed E-state index contributed by atoms with van der Waals surface area (Å²) in [6.45, 7) is 9.98. The third-order valence-electron chi connectivity index (χ3n) is 12.3. The maximum absolute atomic E-state index is 15.0. The number of phosphoric acid groups is 1. The van der Waals surface area contributed by atoms with Crippen molar-refractivity contribution in [2.24, 2.45) is 23.2 Å². The van der Waals surface area contributed by atoms with E-state index >= 15 is 0 Å². The Morgan fingerprint density at radius 2 is 1.83 bits per heavy atom. The Hall–Kier alpha value is -4.89. The molecule has 2 saturated heterocycles. The molecule has 26 heteroatoms. The van der Waals surface area contributed by atoms with Crippen molar-refractivity contribution < 1.29 is 50.8 Å². The number of ether oxygens (including phenoxy) is 2. The zero-order chi connectivity index (χ0) is 46.5. The third kappa shape index (κ3) is 8.51. The van der Waals surface area contributed by atoms with Crippen LogP contribution in [-0.2, 0) is 57.8 Å². The van der Waals surface area contributed by atoms with Gasteiger partial charge in [-0.05, 0) is 43.2 Å². The van der Waals surface area contributed by atoms with Crippen LogP contribution in [-0.4, -0.2) is 115 Å². The van der Waals surface area contributed by atoms with E-state index in [1.54, 1.807) is 51.4 Å². The Morgan fingerprint density at radius 1 is 1.06 bits per heavy atom. The summed E-state index contributed by atoms with van der Waals surface area (Å²) in [6, 6.07) is 8.39. The number of nitrogens with one attached hydrogen (secondary N) is 3. The van der Waals surface area contributed by atoms with Crippen LogP contribution in [0.15, 0.2) is 54.1 Å². The van der Waals surface area contributed by atoms with Crippen LogP contribution in [0.2, 0.25) is 0 Å². The molecule has 23 nitrogen and oxygen atoms in total. The average Bonchev–Trinajstić information content (AvgIpc) is 3.58. The fourth-order valence-corrected chi connectivity index (χ4v) is 12.8. The van der Waals surface area contributed by atoms with Gasteiger partial charge in [0.1, 0.15) is 31.2 Å². The molecule has 4 aliphatic rings. The van der Waals surface area contributed by atoms with Crippen LogP contribution in [0, 0.1) is 29.7 Å². The van der Waals surface area contributed by atoms with Crippen LogP contribution in [0.25, 0.3) is 27.2 Å². The maximum Gasteiger partial charge on any atom is 0.475 e. The molecule has 4 fully saturated rings. The van der Waals surface area contributed by atoms with Gasteiger partial charge in [-0.1, -0.05) is 39.0 Å². The number of carbonyl (C=O) groups is 2. The summed E-state index contributed by atoms with van der Waals surface area (Å²) in [5.41, 5.74) is -0.293. The van der Waals surface area contributed by atoms with E-state index in [2.05, 4.69) is 45.4 Å². The molecule has 1 aromatic carbocycles. The summed E-state index contributed by atoms with van der Waals surface area (Å²) >= 11 is 6.13. The summed E-state index contributed by atoms with van der Waals surface area (Å²) < 4.78 is 69.0. The molecule has 0 radical (unpaired) electrons. The molecule has 4 aromatic heterocycles. The lowest BCUT2D eigenvalue weighted by molar-refractivity contribution is -0.118.